The molecule has 2 heterocycles. The zero-order valence-corrected chi connectivity index (χ0v) is 15.3. The molecule has 0 saturated carbocycles. The van der Waals surface area contributed by atoms with Gasteiger partial charge < -0.3 is 14.8 Å². The van der Waals surface area contributed by atoms with Gasteiger partial charge in [0.05, 0.1) is 17.2 Å². The highest BCUT2D eigenvalue weighted by atomic mass is 32.1. The molecule has 1 unspecified atom stereocenters. The fourth-order valence-electron chi connectivity index (χ4n) is 3.13. The van der Waals surface area contributed by atoms with E-state index >= 15 is 0 Å². The van der Waals surface area contributed by atoms with E-state index in [0.29, 0.717) is 28.3 Å². The van der Waals surface area contributed by atoms with Gasteiger partial charge in [0.1, 0.15) is 23.4 Å². The van der Waals surface area contributed by atoms with E-state index in [-0.39, 0.29) is 17.8 Å². The topological polar surface area (TPSA) is 47.6 Å². The Morgan fingerprint density at radius 2 is 2.23 bits per heavy atom. The standard InChI is InChI=1S/C20H18FNO3S/c1-3-24-17-8-12-7-11(2)25-16(12)10-15(17)22-20(23)19-9-13-14(21)5-4-6-18(13)26-19/h4-6,8-11H,3,7H2,1-2H3,(H,22,23). The van der Waals surface area contributed by atoms with Crippen LogP contribution in [-0.4, -0.2) is 18.6 Å². The smallest absolute Gasteiger partial charge is 0.265 e. The van der Waals surface area contributed by atoms with Crippen LogP contribution in [-0.2, 0) is 6.42 Å². The third-order valence-corrected chi connectivity index (χ3v) is 5.38. The normalized spacial score (nSPS) is 15.6. The van der Waals surface area contributed by atoms with Crippen molar-refractivity contribution in [3.8, 4) is 11.5 Å². The molecule has 26 heavy (non-hydrogen) atoms. The van der Waals surface area contributed by atoms with Crippen molar-refractivity contribution in [2.24, 2.45) is 0 Å². The van der Waals surface area contributed by atoms with Gasteiger partial charge in [0.2, 0.25) is 0 Å². The van der Waals surface area contributed by atoms with Crippen molar-refractivity contribution in [3.05, 3.63) is 52.7 Å². The van der Waals surface area contributed by atoms with Crippen LogP contribution in [0.3, 0.4) is 0 Å². The van der Waals surface area contributed by atoms with Gasteiger partial charge in [-0.15, -0.1) is 11.3 Å². The summed E-state index contributed by atoms with van der Waals surface area (Å²) >= 11 is 1.26. The average molecular weight is 371 g/mol. The van der Waals surface area contributed by atoms with Crippen molar-refractivity contribution in [2.75, 3.05) is 11.9 Å². The van der Waals surface area contributed by atoms with E-state index in [9.17, 15) is 9.18 Å². The quantitative estimate of drug-likeness (QED) is 0.701. The van der Waals surface area contributed by atoms with Crippen LogP contribution in [0.15, 0.2) is 36.4 Å². The molecule has 1 amide bonds. The maximum Gasteiger partial charge on any atom is 0.265 e. The summed E-state index contributed by atoms with van der Waals surface area (Å²) in [6, 6.07) is 10.1. The first kappa shape index (κ1) is 16.8. The molecule has 1 aliphatic rings. The SMILES string of the molecule is CCOc1cc2c(cc1NC(=O)c1cc3c(F)cccc3s1)OC(C)C2. The van der Waals surface area contributed by atoms with Gasteiger partial charge >= 0.3 is 0 Å². The maximum absolute atomic E-state index is 13.9. The molecule has 1 N–H and O–H groups in total. The van der Waals surface area contributed by atoms with Gasteiger partial charge in [0, 0.05) is 28.1 Å². The van der Waals surface area contributed by atoms with Gasteiger partial charge in [-0.25, -0.2) is 4.39 Å². The van der Waals surface area contributed by atoms with Crippen LogP contribution in [0.4, 0.5) is 10.1 Å². The number of nitrogens with one attached hydrogen (secondary N) is 1. The first-order valence-electron chi connectivity index (χ1n) is 8.51. The second-order valence-corrected chi connectivity index (χ2v) is 7.32. The molecule has 4 rings (SSSR count). The van der Waals surface area contributed by atoms with Crippen molar-refractivity contribution in [1.29, 1.82) is 0 Å². The van der Waals surface area contributed by atoms with E-state index in [1.54, 1.807) is 24.3 Å². The third kappa shape index (κ3) is 3.01. The highest BCUT2D eigenvalue weighted by Gasteiger charge is 2.23. The second kappa shape index (κ2) is 6.61. The third-order valence-electron chi connectivity index (χ3n) is 4.28. The first-order chi connectivity index (χ1) is 12.5. The minimum atomic E-state index is -0.326. The molecular weight excluding hydrogens is 353 g/mol. The molecule has 1 aromatic heterocycles. The lowest BCUT2D eigenvalue weighted by atomic mass is 10.1. The second-order valence-electron chi connectivity index (χ2n) is 6.24. The van der Waals surface area contributed by atoms with Crippen molar-refractivity contribution in [1.82, 2.24) is 0 Å². The fraction of sp³-hybridized carbons (Fsp3) is 0.250. The van der Waals surface area contributed by atoms with Crippen molar-refractivity contribution in [2.45, 2.75) is 26.4 Å². The monoisotopic (exact) mass is 371 g/mol. The van der Waals surface area contributed by atoms with Crippen LogP contribution in [0, 0.1) is 5.82 Å². The van der Waals surface area contributed by atoms with Crippen molar-refractivity contribution in [3.63, 3.8) is 0 Å². The molecule has 0 saturated heterocycles. The number of fused-ring (bicyclic) bond motifs is 2. The van der Waals surface area contributed by atoms with Crippen LogP contribution < -0.4 is 14.8 Å². The molecule has 1 aliphatic heterocycles. The summed E-state index contributed by atoms with van der Waals surface area (Å²) in [7, 11) is 0. The number of hydrogen-bond acceptors (Lipinski definition) is 4. The van der Waals surface area contributed by atoms with Crippen molar-refractivity contribution >= 4 is 33.0 Å². The number of rotatable bonds is 4. The lowest BCUT2D eigenvalue weighted by Gasteiger charge is -2.13. The number of benzene rings is 2. The van der Waals surface area contributed by atoms with Gasteiger partial charge in [-0.3, -0.25) is 4.79 Å². The summed E-state index contributed by atoms with van der Waals surface area (Å²) < 4.78 is 26.1. The molecule has 134 valence electrons. The summed E-state index contributed by atoms with van der Waals surface area (Å²) in [4.78, 5) is 13.1. The fourth-order valence-corrected chi connectivity index (χ4v) is 4.10. The summed E-state index contributed by atoms with van der Waals surface area (Å²) in [6.45, 7) is 4.39. The Bertz CT molecular complexity index is 998. The Morgan fingerprint density at radius 1 is 1.38 bits per heavy atom. The Morgan fingerprint density at radius 3 is 3.00 bits per heavy atom. The molecule has 0 spiro atoms. The molecule has 0 fully saturated rings. The van der Waals surface area contributed by atoms with Crippen LogP contribution >= 0.6 is 11.3 Å². The molecule has 0 aliphatic carbocycles. The number of carbonyl (C=O) groups is 1. The van der Waals surface area contributed by atoms with E-state index in [2.05, 4.69) is 5.32 Å². The van der Waals surface area contributed by atoms with Gasteiger partial charge in [-0.1, -0.05) is 6.07 Å². The van der Waals surface area contributed by atoms with Crippen LogP contribution in [0.25, 0.3) is 10.1 Å². The summed E-state index contributed by atoms with van der Waals surface area (Å²) in [5.74, 6) is 0.758. The molecule has 1 atom stereocenters. The highest BCUT2D eigenvalue weighted by Crippen LogP contribution is 2.38. The lowest BCUT2D eigenvalue weighted by Crippen LogP contribution is -2.11. The summed E-state index contributed by atoms with van der Waals surface area (Å²) in [5, 5.41) is 3.34. The summed E-state index contributed by atoms with van der Waals surface area (Å²) in [5.41, 5.74) is 1.63. The molecule has 6 heteroatoms. The maximum atomic E-state index is 13.9. The minimum absolute atomic E-state index is 0.107. The van der Waals surface area contributed by atoms with E-state index in [0.717, 1.165) is 22.4 Å². The highest BCUT2D eigenvalue weighted by molar-refractivity contribution is 7.20. The molecule has 0 radical (unpaired) electrons. The number of thiophene rings is 1. The number of hydrogen-bond donors (Lipinski definition) is 1. The van der Waals surface area contributed by atoms with Crippen LogP contribution in [0.2, 0.25) is 0 Å². The number of carbonyl (C=O) groups excluding carboxylic acids is 1. The average Bonchev–Trinajstić information content (AvgIpc) is 3.18. The van der Waals surface area contributed by atoms with E-state index < -0.39 is 0 Å². The van der Waals surface area contributed by atoms with E-state index in [4.69, 9.17) is 9.47 Å². The minimum Gasteiger partial charge on any atom is -0.492 e. The predicted octanol–water partition coefficient (Wildman–Crippen LogP) is 5.01. The van der Waals surface area contributed by atoms with Gasteiger partial charge in [0.25, 0.3) is 5.91 Å². The van der Waals surface area contributed by atoms with Crippen LogP contribution in [0.1, 0.15) is 29.1 Å². The number of amides is 1. The van der Waals surface area contributed by atoms with E-state index in [1.165, 1.54) is 17.4 Å². The Hall–Kier alpha value is -2.60. The van der Waals surface area contributed by atoms with Gasteiger partial charge in [0.15, 0.2) is 0 Å². The van der Waals surface area contributed by atoms with Crippen molar-refractivity contribution < 1.29 is 18.7 Å². The number of anilines is 1. The molecule has 3 aromatic rings. The first-order valence-corrected chi connectivity index (χ1v) is 9.32. The zero-order chi connectivity index (χ0) is 18.3. The lowest BCUT2D eigenvalue weighted by molar-refractivity contribution is 0.103. The van der Waals surface area contributed by atoms with Gasteiger partial charge in [-0.2, -0.15) is 0 Å². The van der Waals surface area contributed by atoms with Crippen LogP contribution in [0.5, 0.6) is 11.5 Å². The van der Waals surface area contributed by atoms with Gasteiger partial charge in [-0.05, 0) is 38.1 Å². The molecule has 0 bridgehead atoms. The molecule has 4 nitrogen and oxygen atoms in total. The number of ether oxygens (including phenoxy) is 2. The summed E-state index contributed by atoms with van der Waals surface area (Å²) in [6.07, 6.45) is 0.926. The molecular formula is C20H18FNO3S. The zero-order valence-electron chi connectivity index (χ0n) is 14.5. The largest absolute Gasteiger partial charge is 0.492 e. The Kier molecular flexibility index (Phi) is 4.28. The Balaban J connectivity index is 1.66. The molecule has 2 aromatic carbocycles. The number of halogens is 1. The van der Waals surface area contributed by atoms with E-state index in [1.807, 2.05) is 19.9 Å². The predicted molar refractivity (Wildman–Crippen MR) is 101 cm³/mol. The Labute approximate surface area is 154 Å².